The fourth-order valence-corrected chi connectivity index (χ4v) is 3.94. The molecule has 0 bridgehead atoms. The number of nitrogens with zero attached hydrogens (tertiary/aromatic N) is 2. The molecule has 0 radical (unpaired) electrons. The number of allylic oxidation sites excluding steroid dienone is 1. The van der Waals surface area contributed by atoms with E-state index in [2.05, 4.69) is 32.3 Å². The Morgan fingerprint density at radius 2 is 1.94 bits per heavy atom. The first kappa shape index (κ1) is 22.3. The highest BCUT2D eigenvalue weighted by Crippen LogP contribution is 2.34. The normalized spacial score (nSPS) is 10.9. The third kappa shape index (κ3) is 5.05. The molecule has 31 heavy (non-hydrogen) atoms. The van der Waals surface area contributed by atoms with Crippen LogP contribution in [-0.4, -0.2) is 32.3 Å². The van der Waals surface area contributed by atoms with Crippen molar-refractivity contribution in [3.05, 3.63) is 63.0 Å². The van der Waals surface area contributed by atoms with E-state index in [9.17, 15) is 10.1 Å². The molecule has 0 saturated carbocycles. The largest absolute Gasteiger partial charge is 0.493 e. The summed E-state index contributed by atoms with van der Waals surface area (Å²) in [6.45, 7) is 0. The molecular weight excluding hydrogens is 482 g/mol. The van der Waals surface area contributed by atoms with Gasteiger partial charge in [0.25, 0.3) is 0 Å². The van der Waals surface area contributed by atoms with E-state index in [0.717, 1.165) is 15.7 Å². The van der Waals surface area contributed by atoms with E-state index >= 15 is 0 Å². The molecule has 0 amide bonds. The second-order valence-corrected chi connectivity index (χ2v) is 7.88. The van der Waals surface area contributed by atoms with Gasteiger partial charge in [-0.2, -0.15) is 5.26 Å². The molecule has 1 heterocycles. The minimum Gasteiger partial charge on any atom is -0.493 e. The highest BCUT2D eigenvalue weighted by atomic mass is 79.9. The number of hydrogen-bond donors (Lipinski definition) is 1. The first-order valence-electron chi connectivity index (χ1n) is 8.93. The Labute approximate surface area is 192 Å². The molecule has 1 aromatic heterocycles. The first-order chi connectivity index (χ1) is 15.0. The molecule has 0 unspecified atom stereocenters. The molecule has 0 fully saturated rings. The van der Waals surface area contributed by atoms with Crippen molar-refractivity contribution in [2.45, 2.75) is 0 Å². The first-order valence-corrected chi connectivity index (χ1v) is 10.6. The number of nitriles is 1. The molecular formula is C22H18BrN3O4S. The van der Waals surface area contributed by atoms with Crippen LogP contribution >= 0.6 is 27.3 Å². The van der Waals surface area contributed by atoms with Gasteiger partial charge < -0.3 is 19.5 Å². The Hall–Kier alpha value is -3.35. The van der Waals surface area contributed by atoms with Crippen molar-refractivity contribution >= 4 is 44.5 Å². The molecule has 0 spiro atoms. The summed E-state index contributed by atoms with van der Waals surface area (Å²) in [7, 11) is 4.26. The van der Waals surface area contributed by atoms with Crippen LogP contribution in [0.5, 0.6) is 11.5 Å². The zero-order chi connectivity index (χ0) is 22.4. The Morgan fingerprint density at radius 1 is 1.19 bits per heavy atom. The second kappa shape index (κ2) is 10.1. The van der Waals surface area contributed by atoms with E-state index in [1.54, 1.807) is 6.07 Å². The van der Waals surface area contributed by atoms with Crippen molar-refractivity contribution in [3.63, 3.8) is 0 Å². The highest BCUT2D eigenvalue weighted by Gasteiger charge is 2.18. The van der Waals surface area contributed by atoms with Gasteiger partial charge in [0, 0.05) is 33.7 Å². The Balaban J connectivity index is 1.94. The minimum atomic E-state index is -0.554. The van der Waals surface area contributed by atoms with Crippen molar-refractivity contribution in [2.75, 3.05) is 26.6 Å². The van der Waals surface area contributed by atoms with Gasteiger partial charge in [0.1, 0.15) is 16.6 Å². The Morgan fingerprint density at radius 3 is 2.58 bits per heavy atom. The number of benzene rings is 2. The van der Waals surface area contributed by atoms with Crippen LogP contribution in [0.4, 0.5) is 5.69 Å². The summed E-state index contributed by atoms with van der Waals surface area (Å²) in [4.78, 5) is 16.8. The zero-order valence-electron chi connectivity index (χ0n) is 16.9. The lowest BCUT2D eigenvalue weighted by Crippen LogP contribution is -2.07. The average Bonchev–Trinajstić information content (AvgIpc) is 3.28. The van der Waals surface area contributed by atoms with E-state index in [0.29, 0.717) is 27.8 Å². The summed E-state index contributed by atoms with van der Waals surface area (Å²) in [6.07, 6.45) is 1.50. The number of methoxy groups -OCH3 is 3. The molecule has 0 aliphatic carbocycles. The maximum Gasteiger partial charge on any atom is 0.340 e. The molecule has 0 aliphatic heterocycles. The molecule has 0 atom stereocenters. The number of hydrogen-bond acceptors (Lipinski definition) is 8. The number of aromatic nitrogens is 1. The van der Waals surface area contributed by atoms with Crippen LogP contribution < -0.4 is 14.8 Å². The molecule has 3 rings (SSSR count). The van der Waals surface area contributed by atoms with Crippen LogP contribution in [0.2, 0.25) is 0 Å². The number of carbonyl (C=O) groups excluding carboxylic acids is 1. The summed E-state index contributed by atoms with van der Waals surface area (Å²) in [5.74, 6) is 0.258. The standard InChI is InChI=1S/C22H18BrN3O4S/c1-28-19-8-16(22(27)30-3)17(9-20(19)29-2)25-11-14(10-24)21-26-18(12-31-21)13-5-4-6-15(23)7-13/h4-9,11-12,25H,1-3H3/b14-11+. The minimum absolute atomic E-state index is 0.239. The van der Waals surface area contributed by atoms with Gasteiger partial charge in [0.05, 0.1) is 38.3 Å². The molecule has 2 aromatic carbocycles. The lowest BCUT2D eigenvalue weighted by molar-refractivity contribution is 0.0601. The Kier molecular flexibility index (Phi) is 7.28. The predicted molar refractivity (Wildman–Crippen MR) is 123 cm³/mol. The van der Waals surface area contributed by atoms with Gasteiger partial charge in [-0.05, 0) is 12.1 Å². The van der Waals surface area contributed by atoms with E-state index in [4.69, 9.17) is 14.2 Å². The van der Waals surface area contributed by atoms with Crippen LogP contribution in [0.25, 0.3) is 16.8 Å². The van der Waals surface area contributed by atoms with Crippen LogP contribution in [-0.2, 0) is 4.74 Å². The molecule has 9 heteroatoms. The fourth-order valence-electron chi connectivity index (χ4n) is 2.75. The summed E-state index contributed by atoms with van der Waals surface area (Å²) >= 11 is 4.80. The summed E-state index contributed by atoms with van der Waals surface area (Å²) in [5, 5.41) is 15.1. The SMILES string of the molecule is COC(=O)c1cc(OC)c(OC)cc1N/C=C(\C#N)c1nc(-c2cccc(Br)c2)cs1. The monoisotopic (exact) mass is 499 g/mol. The lowest BCUT2D eigenvalue weighted by atomic mass is 10.1. The van der Waals surface area contributed by atoms with Crippen molar-refractivity contribution < 1.29 is 19.0 Å². The van der Waals surface area contributed by atoms with Gasteiger partial charge >= 0.3 is 5.97 Å². The van der Waals surface area contributed by atoms with Crippen molar-refractivity contribution in [1.82, 2.24) is 4.98 Å². The quantitative estimate of drug-likeness (QED) is 0.345. The number of thiazole rings is 1. The smallest absolute Gasteiger partial charge is 0.340 e. The number of esters is 1. The Bertz CT molecular complexity index is 1180. The second-order valence-electron chi connectivity index (χ2n) is 6.11. The molecule has 0 aliphatic rings. The number of nitrogens with one attached hydrogen (secondary N) is 1. The number of carbonyl (C=O) groups is 1. The van der Waals surface area contributed by atoms with E-state index in [1.807, 2.05) is 29.6 Å². The third-order valence-electron chi connectivity index (χ3n) is 4.28. The average molecular weight is 500 g/mol. The van der Waals surface area contributed by atoms with Gasteiger partial charge in [-0.3, -0.25) is 0 Å². The molecule has 158 valence electrons. The lowest BCUT2D eigenvalue weighted by Gasteiger charge is -2.13. The van der Waals surface area contributed by atoms with Crippen LogP contribution in [0.15, 0.2) is 52.5 Å². The van der Waals surface area contributed by atoms with Crippen LogP contribution in [0, 0.1) is 11.3 Å². The van der Waals surface area contributed by atoms with Gasteiger partial charge in [-0.25, -0.2) is 9.78 Å². The molecule has 7 nitrogen and oxygen atoms in total. The molecule has 0 saturated heterocycles. The van der Waals surface area contributed by atoms with Crippen LogP contribution in [0.3, 0.4) is 0 Å². The van der Waals surface area contributed by atoms with E-state index in [1.165, 1.54) is 44.9 Å². The topological polar surface area (TPSA) is 93.5 Å². The van der Waals surface area contributed by atoms with Crippen molar-refractivity contribution in [2.24, 2.45) is 0 Å². The van der Waals surface area contributed by atoms with Gasteiger partial charge in [-0.1, -0.05) is 28.1 Å². The summed E-state index contributed by atoms with van der Waals surface area (Å²) in [6, 6.07) is 13.0. The molecule has 1 N–H and O–H groups in total. The highest BCUT2D eigenvalue weighted by molar-refractivity contribution is 9.10. The predicted octanol–water partition coefficient (Wildman–Crippen LogP) is 5.35. The van der Waals surface area contributed by atoms with E-state index in [-0.39, 0.29) is 5.56 Å². The van der Waals surface area contributed by atoms with Crippen LogP contribution in [0.1, 0.15) is 15.4 Å². The van der Waals surface area contributed by atoms with Gasteiger partial charge in [-0.15, -0.1) is 11.3 Å². The number of ether oxygens (including phenoxy) is 3. The summed E-state index contributed by atoms with van der Waals surface area (Å²) < 4.78 is 16.4. The maximum absolute atomic E-state index is 12.2. The fraction of sp³-hybridized carbons (Fsp3) is 0.136. The number of halogens is 1. The number of anilines is 1. The third-order valence-corrected chi connectivity index (χ3v) is 5.65. The van der Waals surface area contributed by atoms with Crippen molar-refractivity contribution in [3.8, 4) is 28.8 Å². The van der Waals surface area contributed by atoms with Crippen molar-refractivity contribution in [1.29, 1.82) is 5.26 Å². The van der Waals surface area contributed by atoms with E-state index < -0.39 is 5.97 Å². The summed E-state index contributed by atoms with van der Waals surface area (Å²) in [5.41, 5.74) is 2.67. The zero-order valence-corrected chi connectivity index (χ0v) is 19.3. The maximum atomic E-state index is 12.2. The van der Waals surface area contributed by atoms with Gasteiger partial charge in [0.15, 0.2) is 11.5 Å². The molecule has 3 aromatic rings. The number of rotatable bonds is 7. The van der Waals surface area contributed by atoms with Gasteiger partial charge in [0.2, 0.25) is 0 Å².